The number of hydrogen-bond acceptors (Lipinski definition) is 5. The third-order valence-corrected chi connectivity index (χ3v) is 7.74. The van der Waals surface area contributed by atoms with E-state index in [1.165, 1.54) is 46.7 Å². The molecule has 1 fully saturated rings. The minimum absolute atomic E-state index is 0.116. The topological polar surface area (TPSA) is 78.7 Å². The third-order valence-electron chi connectivity index (χ3n) is 6.53. The second-order valence-corrected chi connectivity index (χ2v) is 9.83. The molecule has 0 saturated carbocycles. The van der Waals surface area contributed by atoms with Gasteiger partial charge in [0.15, 0.2) is 0 Å². The lowest BCUT2D eigenvalue weighted by molar-refractivity contribution is -0.120. The van der Waals surface area contributed by atoms with Crippen LogP contribution in [0.1, 0.15) is 59.0 Å². The van der Waals surface area contributed by atoms with Crippen LogP contribution < -0.4 is 16.0 Å². The van der Waals surface area contributed by atoms with Crippen molar-refractivity contribution in [3.8, 4) is 0 Å². The normalized spacial score (nSPS) is 16.9. The standard InChI is InChI=1S/C24H32N4O2S/c1-16(23(30)26-24-21(22(25)29)19-7-6-8-20(19)31-24)27(2)15-17-9-11-18(12-10-17)28-13-4-3-5-14-28/h9-12,16H,3-8,13-15H2,1-2H3,(H2,25,29)(H,26,30)/t16-/m0/s1. The van der Waals surface area contributed by atoms with Crippen molar-refractivity contribution in [2.24, 2.45) is 5.73 Å². The fourth-order valence-electron chi connectivity index (χ4n) is 4.56. The molecular weight excluding hydrogens is 408 g/mol. The summed E-state index contributed by atoms with van der Waals surface area (Å²) >= 11 is 1.50. The van der Waals surface area contributed by atoms with Crippen LogP contribution in [-0.4, -0.2) is 42.9 Å². The number of primary amides is 1. The van der Waals surface area contributed by atoms with E-state index in [-0.39, 0.29) is 11.9 Å². The Kier molecular flexibility index (Phi) is 6.62. The van der Waals surface area contributed by atoms with Crippen molar-refractivity contribution >= 4 is 33.8 Å². The number of aryl methyl sites for hydroxylation is 1. The van der Waals surface area contributed by atoms with Gasteiger partial charge in [0, 0.05) is 30.2 Å². The number of anilines is 2. The van der Waals surface area contributed by atoms with Crippen LogP contribution in [0.5, 0.6) is 0 Å². The van der Waals surface area contributed by atoms with Crippen molar-refractivity contribution < 1.29 is 9.59 Å². The summed E-state index contributed by atoms with van der Waals surface area (Å²) in [5.41, 5.74) is 9.61. The molecule has 0 spiro atoms. The lowest BCUT2D eigenvalue weighted by atomic mass is 10.1. The monoisotopic (exact) mass is 440 g/mol. The van der Waals surface area contributed by atoms with Gasteiger partial charge in [-0.3, -0.25) is 14.5 Å². The molecule has 2 aliphatic rings. The van der Waals surface area contributed by atoms with E-state index in [1.807, 2.05) is 18.9 Å². The van der Waals surface area contributed by atoms with E-state index in [0.29, 0.717) is 17.1 Å². The molecule has 1 atom stereocenters. The van der Waals surface area contributed by atoms with Crippen LogP contribution in [-0.2, 0) is 24.2 Å². The molecule has 4 rings (SSSR count). The number of hydrogen-bond donors (Lipinski definition) is 2. The Balaban J connectivity index is 1.37. The molecule has 6 nitrogen and oxygen atoms in total. The number of amides is 2. The zero-order valence-electron chi connectivity index (χ0n) is 18.4. The molecule has 1 aromatic heterocycles. The molecule has 0 unspecified atom stereocenters. The fraction of sp³-hybridized carbons (Fsp3) is 0.500. The highest BCUT2D eigenvalue weighted by atomic mass is 32.1. The van der Waals surface area contributed by atoms with E-state index in [0.717, 1.165) is 37.9 Å². The summed E-state index contributed by atoms with van der Waals surface area (Å²) in [5, 5.41) is 3.58. The van der Waals surface area contributed by atoms with Crippen LogP contribution in [0, 0.1) is 0 Å². The van der Waals surface area contributed by atoms with Gasteiger partial charge in [-0.05, 0) is 75.8 Å². The van der Waals surface area contributed by atoms with Crippen molar-refractivity contribution in [3.63, 3.8) is 0 Å². The molecule has 1 aliphatic heterocycles. The van der Waals surface area contributed by atoms with Crippen LogP contribution in [0.25, 0.3) is 0 Å². The molecule has 31 heavy (non-hydrogen) atoms. The van der Waals surface area contributed by atoms with Crippen molar-refractivity contribution in [2.75, 3.05) is 30.4 Å². The molecule has 1 aliphatic carbocycles. The SMILES string of the molecule is C[C@@H](C(=O)Nc1sc2c(c1C(N)=O)CCC2)N(C)Cc1ccc(N2CCCCC2)cc1. The van der Waals surface area contributed by atoms with E-state index in [1.54, 1.807) is 0 Å². The highest BCUT2D eigenvalue weighted by Crippen LogP contribution is 2.39. The lowest BCUT2D eigenvalue weighted by Gasteiger charge is -2.29. The van der Waals surface area contributed by atoms with Gasteiger partial charge in [-0.15, -0.1) is 11.3 Å². The van der Waals surface area contributed by atoms with E-state index in [2.05, 4.69) is 34.5 Å². The minimum atomic E-state index is -0.454. The van der Waals surface area contributed by atoms with Gasteiger partial charge in [-0.25, -0.2) is 0 Å². The van der Waals surface area contributed by atoms with Crippen molar-refractivity contribution in [3.05, 3.63) is 45.8 Å². The predicted octanol–water partition coefficient (Wildman–Crippen LogP) is 3.79. The van der Waals surface area contributed by atoms with Crippen LogP contribution in [0.15, 0.2) is 24.3 Å². The van der Waals surface area contributed by atoms with Crippen molar-refractivity contribution in [2.45, 2.75) is 58.0 Å². The van der Waals surface area contributed by atoms with E-state index in [9.17, 15) is 9.59 Å². The van der Waals surface area contributed by atoms with Crippen molar-refractivity contribution in [1.29, 1.82) is 0 Å². The number of nitrogens with one attached hydrogen (secondary N) is 1. The highest BCUT2D eigenvalue weighted by Gasteiger charge is 2.28. The molecule has 0 radical (unpaired) electrons. The first-order valence-electron chi connectivity index (χ1n) is 11.2. The second kappa shape index (κ2) is 9.40. The Morgan fingerprint density at radius 2 is 1.84 bits per heavy atom. The zero-order chi connectivity index (χ0) is 22.0. The third kappa shape index (κ3) is 4.77. The van der Waals surface area contributed by atoms with Crippen LogP contribution in [0.4, 0.5) is 10.7 Å². The molecule has 2 aromatic rings. The van der Waals surface area contributed by atoms with Gasteiger partial charge < -0.3 is 16.0 Å². The Bertz CT molecular complexity index is 947. The molecule has 3 N–H and O–H groups in total. The molecule has 7 heteroatoms. The van der Waals surface area contributed by atoms with Crippen LogP contribution in [0.3, 0.4) is 0 Å². The van der Waals surface area contributed by atoms with Gasteiger partial charge in [0.1, 0.15) is 5.00 Å². The quantitative estimate of drug-likeness (QED) is 0.687. The molecule has 0 bridgehead atoms. The number of nitrogens with two attached hydrogens (primary N) is 1. The maximum atomic E-state index is 12.9. The van der Waals surface area contributed by atoms with Crippen LogP contribution >= 0.6 is 11.3 Å². The summed E-state index contributed by atoms with van der Waals surface area (Å²) in [7, 11) is 1.95. The van der Waals surface area contributed by atoms with Gasteiger partial charge >= 0.3 is 0 Å². The van der Waals surface area contributed by atoms with Gasteiger partial charge in [-0.2, -0.15) is 0 Å². The summed E-state index contributed by atoms with van der Waals surface area (Å²) < 4.78 is 0. The average Bonchev–Trinajstić information content (AvgIpc) is 3.34. The van der Waals surface area contributed by atoms with Crippen LogP contribution in [0.2, 0.25) is 0 Å². The number of carbonyl (C=O) groups is 2. The predicted molar refractivity (Wildman–Crippen MR) is 127 cm³/mol. The maximum absolute atomic E-state index is 12.9. The number of carbonyl (C=O) groups excluding carboxylic acids is 2. The Hall–Kier alpha value is -2.38. The van der Waals surface area contributed by atoms with E-state index < -0.39 is 5.91 Å². The molecule has 1 saturated heterocycles. The van der Waals surface area contributed by atoms with E-state index >= 15 is 0 Å². The average molecular weight is 441 g/mol. The number of fused-ring (bicyclic) bond motifs is 1. The summed E-state index contributed by atoms with van der Waals surface area (Å²) in [6.45, 7) is 4.84. The number of likely N-dealkylation sites (N-methyl/N-ethyl adjacent to an activating group) is 1. The first-order chi connectivity index (χ1) is 14.9. The highest BCUT2D eigenvalue weighted by molar-refractivity contribution is 7.17. The van der Waals surface area contributed by atoms with Crippen molar-refractivity contribution in [1.82, 2.24) is 4.90 Å². The molecule has 1 aromatic carbocycles. The number of rotatable bonds is 7. The number of piperidine rings is 1. The van der Waals surface area contributed by atoms with Gasteiger partial charge in [-0.1, -0.05) is 12.1 Å². The Labute approximate surface area is 188 Å². The van der Waals surface area contributed by atoms with Gasteiger partial charge in [0.2, 0.25) is 5.91 Å². The fourth-order valence-corrected chi connectivity index (χ4v) is 5.86. The number of nitrogens with zero attached hydrogens (tertiary/aromatic N) is 2. The Morgan fingerprint density at radius 1 is 1.13 bits per heavy atom. The zero-order valence-corrected chi connectivity index (χ0v) is 19.3. The summed E-state index contributed by atoms with van der Waals surface area (Å²) in [4.78, 5) is 30.5. The smallest absolute Gasteiger partial charge is 0.251 e. The molecule has 166 valence electrons. The summed E-state index contributed by atoms with van der Waals surface area (Å²) in [6.07, 6.45) is 6.73. The molecule has 2 amide bonds. The minimum Gasteiger partial charge on any atom is -0.372 e. The summed E-state index contributed by atoms with van der Waals surface area (Å²) in [5.74, 6) is -0.570. The Morgan fingerprint density at radius 3 is 2.52 bits per heavy atom. The summed E-state index contributed by atoms with van der Waals surface area (Å²) in [6, 6.07) is 8.34. The first kappa shape index (κ1) is 21.8. The van der Waals surface area contributed by atoms with E-state index in [4.69, 9.17) is 5.73 Å². The number of benzene rings is 1. The second-order valence-electron chi connectivity index (χ2n) is 8.72. The first-order valence-corrected chi connectivity index (χ1v) is 12.0. The van der Waals surface area contributed by atoms with Gasteiger partial charge in [0.25, 0.3) is 5.91 Å². The molecule has 2 heterocycles. The largest absolute Gasteiger partial charge is 0.372 e. The maximum Gasteiger partial charge on any atom is 0.251 e. The lowest BCUT2D eigenvalue weighted by Crippen LogP contribution is -2.39. The van der Waals surface area contributed by atoms with Gasteiger partial charge in [0.05, 0.1) is 11.6 Å². The number of thiophene rings is 1. The molecular formula is C24H32N4O2S.